The molecule has 20 heavy (non-hydrogen) atoms. The molecule has 2 nitrogen and oxygen atoms in total. The molecule has 3 rings (SSSR count). The maximum atomic E-state index is 4.94. The van der Waals surface area contributed by atoms with E-state index in [1.165, 1.54) is 46.2 Å². The number of aromatic nitrogens is 1. The molecule has 4 heteroatoms. The van der Waals surface area contributed by atoms with Gasteiger partial charge in [0.2, 0.25) is 0 Å². The van der Waals surface area contributed by atoms with Gasteiger partial charge in [-0.3, -0.25) is 0 Å². The predicted molar refractivity (Wildman–Crippen MR) is 89.4 cm³/mol. The van der Waals surface area contributed by atoms with Crippen LogP contribution in [0, 0.1) is 0 Å². The minimum absolute atomic E-state index is 0.613. The van der Waals surface area contributed by atoms with Gasteiger partial charge in [0, 0.05) is 6.54 Å². The van der Waals surface area contributed by atoms with Gasteiger partial charge in [-0.05, 0) is 31.2 Å². The van der Waals surface area contributed by atoms with Gasteiger partial charge in [0.1, 0.15) is 5.01 Å². The lowest BCUT2D eigenvalue weighted by atomic mass is 10.1. The molecule has 1 aliphatic rings. The van der Waals surface area contributed by atoms with Crippen molar-refractivity contribution >= 4 is 23.1 Å². The summed E-state index contributed by atoms with van der Waals surface area (Å²) in [6, 6.07) is 10.6. The second-order valence-electron chi connectivity index (χ2n) is 5.08. The summed E-state index contributed by atoms with van der Waals surface area (Å²) in [4.78, 5) is 6.27. The van der Waals surface area contributed by atoms with Gasteiger partial charge >= 0.3 is 0 Å². The zero-order valence-corrected chi connectivity index (χ0v) is 13.4. The van der Waals surface area contributed by atoms with Crippen LogP contribution in [0.5, 0.6) is 0 Å². The molecule has 1 saturated heterocycles. The number of thioether (sulfide) groups is 1. The Kier molecular flexibility index (Phi) is 4.76. The smallest absolute Gasteiger partial charge is 0.107 e. The van der Waals surface area contributed by atoms with Crippen LogP contribution in [0.4, 0.5) is 0 Å². The molecule has 0 saturated carbocycles. The molecule has 1 N–H and O–H groups in total. The van der Waals surface area contributed by atoms with E-state index in [0.29, 0.717) is 5.25 Å². The van der Waals surface area contributed by atoms with Crippen molar-refractivity contribution in [3.63, 3.8) is 0 Å². The molecule has 0 spiro atoms. The monoisotopic (exact) mass is 304 g/mol. The SMILES string of the molecule is CNCc1nc(C2CCCCS2)sc1-c1ccccc1. The van der Waals surface area contributed by atoms with Gasteiger partial charge in [0.15, 0.2) is 0 Å². The van der Waals surface area contributed by atoms with Crippen LogP contribution >= 0.6 is 23.1 Å². The third-order valence-corrected chi connectivity index (χ3v) is 6.34. The molecule has 1 fully saturated rings. The van der Waals surface area contributed by atoms with Gasteiger partial charge in [-0.25, -0.2) is 4.98 Å². The number of thiazole rings is 1. The van der Waals surface area contributed by atoms with Crippen molar-refractivity contribution in [2.75, 3.05) is 12.8 Å². The molecule has 1 aromatic carbocycles. The third-order valence-electron chi connectivity index (χ3n) is 3.55. The van der Waals surface area contributed by atoms with Crippen molar-refractivity contribution in [2.24, 2.45) is 0 Å². The van der Waals surface area contributed by atoms with Crippen LogP contribution in [-0.4, -0.2) is 17.8 Å². The van der Waals surface area contributed by atoms with E-state index in [1.54, 1.807) is 0 Å². The molecular weight excluding hydrogens is 284 g/mol. The summed E-state index contributed by atoms with van der Waals surface area (Å²) in [7, 11) is 1.99. The van der Waals surface area contributed by atoms with Crippen molar-refractivity contribution in [3.8, 4) is 10.4 Å². The van der Waals surface area contributed by atoms with E-state index in [1.807, 2.05) is 18.4 Å². The Morgan fingerprint density at radius 3 is 2.80 bits per heavy atom. The fourth-order valence-electron chi connectivity index (χ4n) is 2.55. The topological polar surface area (TPSA) is 24.9 Å². The minimum Gasteiger partial charge on any atom is -0.314 e. The molecule has 1 unspecified atom stereocenters. The Bertz CT molecular complexity index is 545. The van der Waals surface area contributed by atoms with Gasteiger partial charge in [0.05, 0.1) is 15.8 Å². The van der Waals surface area contributed by atoms with E-state index in [4.69, 9.17) is 4.98 Å². The van der Waals surface area contributed by atoms with Crippen molar-refractivity contribution in [1.29, 1.82) is 0 Å². The number of hydrogen-bond acceptors (Lipinski definition) is 4. The molecule has 0 bridgehead atoms. The van der Waals surface area contributed by atoms with Gasteiger partial charge in [-0.15, -0.1) is 11.3 Å². The Balaban J connectivity index is 1.93. The van der Waals surface area contributed by atoms with Crippen molar-refractivity contribution in [1.82, 2.24) is 10.3 Å². The number of nitrogens with zero attached hydrogens (tertiary/aromatic N) is 1. The van der Waals surface area contributed by atoms with Gasteiger partial charge in [0.25, 0.3) is 0 Å². The first-order valence-corrected chi connectivity index (χ1v) is 9.06. The second kappa shape index (κ2) is 6.74. The lowest BCUT2D eigenvalue weighted by Crippen LogP contribution is -2.07. The first-order chi connectivity index (χ1) is 9.88. The summed E-state index contributed by atoms with van der Waals surface area (Å²) < 4.78 is 0. The fourth-order valence-corrected chi connectivity index (χ4v) is 5.18. The number of nitrogens with one attached hydrogen (secondary N) is 1. The highest BCUT2D eigenvalue weighted by Crippen LogP contribution is 2.42. The zero-order valence-electron chi connectivity index (χ0n) is 11.8. The largest absolute Gasteiger partial charge is 0.314 e. The normalized spacial score (nSPS) is 19.1. The molecule has 1 aliphatic heterocycles. The number of benzene rings is 1. The lowest BCUT2D eigenvalue weighted by Gasteiger charge is -2.18. The molecular formula is C16H20N2S2. The second-order valence-corrected chi connectivity index (χ2v) is 7.42. The summed E-state index contributed by atoms with van der Waals surface area (Å²) >= 11 is 3.97. The Morgan fingerprint density at radius 2 is 2.10 bits per heavy atom. The van der Waals surface area contributed by atoms with Gasteiger partial charge in [-0.1, -0.05) is 36.8 Å². The summed E-state index contributed by atoms with van der Waals surface area (Å²) in [5.74, 6) is 1.28. The molecule has 0 radical (unpaired) electrons. The van der Waals surface area contributed by atoms with E-state index >= 15 is 0 Å². The molecule has 2 heterocycles. The van der Waals surface area contributed by atoms with Gasteiger partial charge < -0.3 is 5.32 Å². The number of hydrogen-bond donors (Lipinski definition) is 1. The zero-order chi connectivity index (χ0) is 13.8. The van der Waals surface area contributed by atoms with E-state index < -0.39 is 0 Å². The first-order valence-electron chi connectivity index (χ1n) is 7.19. The van der Waals surface area contributed by atoms with Crippen LogP contribution in [0.1, 0.15) is 35.2 Å². The average Bonchev–Trinajstić information content (AvgIpc) is 2.94. The van der Waals surface area contributed by atoms with Crippen LogP contribution in [0.2, 0.25) is 0 Å². The van der Waals surface area contributed by atoms with Crippen molar-refractivity contribution in [2.45, 2.75) is 31.1 Å². The quantitative estimate of drug-likeness (QED) is 0.901. The molecule has 1 aromatic heterocycles. The number of rotatable bonds is 4. The molecule has 0 aliphatic carbocycles. The highest BCUT2D eigenvalue weighted by Gasteiger charge is 2.22. The Morgan fingerprint density at radius 1 is 1.25 bits per heavy atom. The van der Waals surface area contributed by atoms with E-state index in [-0.39, 0.29) is 0 Å². The molecule has 106 valence electrons. The molecule has 1 atom stereocenters. The Labute approximate surface area is 129 Å². The van der Waals surface area contributed by atoms with Crippen molar-refractivity contribution < 1.29 is 0 Å². The van der Waals surface area contributed by atoms with Crippen LogP contribution in [-0.2, 0) is 6.54 Å². The highest BCUT2D eigenvalue weighted by atomic mass is 32.2. The van der Waals surface area contributed by atoms with E-state index in [9.17, 15) is 0 Å². The van der Waals surface area contributed by atoms with Crippen LogP contribution < -0.4 is 5.32 Å². The molecule has 2 aromatic rings. The first kappa shape index (κ1) is 14.1. The maximum absolute atomic E-state index is 4.94. The predicted octanol–water partition coefficient (Wildman–Crippen LogP) is 4.49. The summed E-state index contributed by atoms with van der Waals surface area (Å²) in [5.41, 5.74) is 2.49. The Hall–Kier alpha value is -0.840. The standard InChI is InChI=1S/C16H20N2S2/c1-17-11-13-15(12-7-3-2-4-8-12)20-16(18-13)14-9-5-6-10-19-14/h2-4,7-8,14,17H,5-6,9-11H2,1H3. The third kappa shape index (κ3) is 3.08. The van der Waals surface area contributed by atoms with Crippen LogP contribution in [0.25, 0.3) is 10.4 Å². The van der Waals surface area contributed by atoms with Crippen molar-refractivity contribution in [3.05, 3.63) is 41.0 Å². The highest BCUT2D eigenvalue weighted by molar-refractivity contribution is 7.99. The maximum Gasteiger partial charge on any atom is 0.107 e. The van der Waals surface area contributed by atoms with Crippen LogP contribution in [0.15, 0.2) is 30.3 Å². The van der Waals surface area contributed by atoms with E-state index in [2.05, 4.69) is 47.4 Å². The summed E-state index contributed by atoms with van der Waals surface area (Å²) in [5, 5.41) is 5.18. The fraction of sp³-hybridized carbons (Fsp3) is 0.438. The minimum atomic E-state index is 0.613. The lowest BCUT2D eigenvalue weighted by molar-refractivity contribution is 0.680. The summed E-state index contributed by atoms with van der Waals surface area (Å²) in [6.07, 6.45) is 3.99. The van der Waals surface area contributed by atoms with Gasteiger partial charge in [-0.2, -0.15) is 11.8 Å². The van der Waals surface area contributed by atoms with E-state index in [0.717, 1.165) is 6.54 Å². The van der Waals surface area contributed by atoms with Crippen LogP contribution in [0.3, 0.4) is 0 Å². The molecule has 0 amide bonds. The average molecular weight is 304 g/mol. The summed E-state index contributed by atoms with van der Waals surface area (Å²) in [6.45, 7) is 0.845.